The lowest BCUT2D eigenvalue weighted by Crippen LogP contribution is -1.97. The third-order valence-corrected chi connectivity index (χ3v) is 3.92. The minimum absolute atomic E-state index is 0.0678. The Morgan fingerprint density at radius 3 is 2.52 bits per heavy atom. The van der Waals surface area contributed by atoms with E-state index in [0.29, 0.717) is 21.5 Å². The average molecular weight is 417 g/mol. The Kier molecular flexibility index (Phi) is 4.97. The van der Waals surface area contributed by atoms with Crippen LogP contribution in [-0.4, -0.2) is 10.0 Å². The van der Waals surface area contributed by atoms with E-state index < -0.39 is 11.0 Å². The van der Waals surface area contributed by atoms with Crippen LogP contribution in [0.1, 0.15) is 18.6 Å². The Labute approximate surface area is 138 Å². The summed E-state index contributed by atoms with van der Waals surface area (Å²) < 4.78 is 7.10. The van der Waals surface area contributed by atoms with Crippen molar-refractivity contribution in [3.63, 3.8) is 0 Å². The molecular formula is C14H11Br2NO4. The second-order valence-corrected chi connectivity index (χ2v) is 6.10. The maximum atomic E-state index is 10.8. The van der Waals surface area contributed by atoms with E-state index in [1.807, 2.05) is 0 Å². The standard InChI is InChI=1S/C14H11Br2NO4/c1-8(18)11-4-2-9(15)6-13(11)21-14-7-10(17(19)20)3-5-12(14)16/h2-8,18H,1H3. The van der Waals surface area contributed by atoms with Crippen molar-refractivity contribution >= 4 is 37.5 Å². The molecule has 110 valence electrons. The van der Waals surface area contributed by atoms with Gasteiger partial charge in [-0.2, -0.15) is 0 Å². The van der Waals surface area contributed by atoms with Crippen LogP contribution in [-0.2, 0) is 0 Å². The highest BCUT2D eigenvalue weighted by Crippen LogP contribution is 2.37. The average Bonchev–Trinajstić information content (AvgIpc) is 2.40. The van der Waals surface area contributed by atoms with Crippen molar-refractivity contribution in [3.05, 3.63) is 61.0 Å². The normalized spacial score (nSPS) is 12.0. The molecule has 2 rings (SSSR count). The first kappa shape index (κ1) is 15.9. The van der Waals surface area contributed by atoms with Crippen molar-refractivity contribution in [1.82, 2.24) is 0 Å². The van der Waals surface area contributed by atoms with E-state index in [1.165, 1.54) is 12.1 Å². The molecule has 2 aromatic carbocycles. The van der Waals surface area contributed by atoms with Crippen LogP contribution in [0.5, 0.6) is 11.5 Å². The molecule has 0 radical (unpaired) electrons. The molecule has 0 spiro atoms. The van der Waals surface area contributed by atoms with Gasteiger partial charge in [-0.1, -0.05) is 22.0 Å². The summed E-state index contributed by atoms with van der Waals surface area (Å²) in [5.74, 6) is 0.741. The molecule has 1 N–H and O–H groups in total. The molecule has 0 aliphatic rings. The predicted octanol–water partition coefficient (Wildman–Crippen LogP) is 4.97. The fourth-order valence-corrected chi connectivity index (χ4v) is 2.41. The van der Waals surface area contributed by atoms with Gasteiger partial charge in [0.25, 0.3) is 5.69 Å². The van der Waals surface area contributed by atoms with Gasteiger partial charge in [-0.05, 0) is 41.1 Å². The zero-order valence-corrected chi connectivity index (χ0v) is 14.1. The van der Waals surface area contributed by atoms with Crippen molar-refractivity contribution in [2.24, 2.45) is 0 Å². The summed E-state index contributed by atoms with van der Waals surface area (Å²) in [6.07, 6.45) is -0.717. The van der Waals surface area contributed by atoms with Crippen molar-refractivity contribution in [1.29, 1.82) is 0 Å². The summed E-state index contributed by atoms with van der Waals surface area (Å²) in [7, 11) is 0. The highest BCUT2D eigenvalue weighted by Gasteiger charge is 2.15. The minimum Gasteiger partial charge on any atom is -0.455 e. The van der Waals surface area contributed by atoms with E-state index in [2.05, 4.69) is 31.9 Å². The van der Waals surface area contributed by atoms with Gasteiger partial charge in [-0.25, -0.2) is 0 Å². The molecule has 2 aromatic rings. The molecular weight excluding hydrogens is 406 g/mol. The van der Waals surface area contributed by atoms with Gasteiger partial charge < -0.3 is 9.84 Å². The van der Waals surface area contributed by atoms with Crippen LogP contribution in [0.15, 0.2) is 45.3 Å². The molecule has 0 aliphatic carbocycles. The van der Waals surface area contributed by atoms with Crippen molar-refractivity contribution in [2.45, 2.75) is 13.0 Å². The highest BCUT2D eigenvalue weighted by molar-refractivity contribution is 9.10. The second kappa shape index (κ2) is 6.55. The maximum Gasteiger partial charge on any atom is 0.273 e. The molecule has 21 heavy (non-hydrogen) atoms. The molecule has 5 nitrogen and oxygen atoms in total. The molecule has 1 unspecified atom stereocenters. The van der Waals surface area contributed by atoms with Crippen LogP contribution in [0.4, 0.5) is 5.69 Å². The zero-order chi connectivity index (χ0) is 15.6. The van der Waals surface area contributed by atoms with Gasteiger partial charge in [0, 0.05) is 16.1 Å². The number of non-ortho nitro benzene ring substituents is 1. The number of hydrogen-bond acceptors (Lipinski definition) is 4. The van der Waals surface area contributed by atoms with Gasteiger partial charge in [0.2, 0.25) is 0 Å². The second-order valence-electron chi connectivity index (χ2n) is 4.33. The van der Waals surface area contributed by atoms with Crippen molar-refractivity contribution in [3.8, 4) is 11.5 Å². The maximum absolute atomic E-state index is 10.8. The van der Waals surface area contributed by atoms with E-state index in [1.54, 1.807) is 31.2 Å². The third kappa shape index (κ3) is 3.81. The predicted molar refractivity (Wildman–Crippen MR) is 85.6 cm³/mol. The number of rotatable bonds is 4. The van der Waals surface area contributed by atoms with Gasteiger partial charge in [0.05, 0.1) is 21.6 Å². The molecule has 0 aliphatic heterocycles. The lowest BCUT2D eigenvalue weighted by atomic mass is 10.1. The first-order valence-electron chi connectivity index (χ1n) is 5.98. The topological polar surface area (TPSA) is 72.6 Å². The fraction of sp³-hybridized carbons (Fsp3) is 0.143. The summed E-state index contributed by atoms with van der Waals surface area (Å²) >= 11 is 6.63. The molecule has 0 fully saturated rings. The molecule has 7 heteroatoms. The number of nitro benzene ring substituents is 1. The number of ether oxygens (including phenoxy) is 1. The fourth-order valence-electron chi connectivity index (χ4n) is 1.74. The number of hydrogen-bond donors (Lipinski definition) is 1. The lowest BCUT2D eigenvalue weighted by molar-refractivity contribution is -0.384. The molecule has 0 aromatic heterocycles. The zero-order valence-electron chi connectivity index (χ0n) is 10.9. The number of aliphatic hydroxyl groups excluding tert-OH is 1. The van der Waals surface area contributed by atoms with Gasteiger partial charge in [-0.15, -0.1) is 0 Å². The molecule has 0 amide bonds. The summed E-state index contributed by atoms with van der Waals surface area (Å²) in [5.41, 5.74) is 0.526. The van der Waals surface area contributed by atoms with Crippen LogP contribution in [0.3, 0.4) is 0 Å². The summed E-state index contributed by atoms with van der Waals surface area (Å²) in [6.45, 7) is 1.62. The first-order valence-corrected chi connectivity index (χ1v) is 7.56. The van der Waals surface area contributed by atoms with Crippen LogP contribution >= 0.6 is 31.9 Å². The molecule has 0 saturated carbocycles. The van der Waals surface area contributed by atoms with Crippen molar-refractivity contribution < 1.29 is 14.8 Å². The smallest absolute Gasteiger partial charge is 0.273 e. The largest absolute Gasteiger partial charge is 0.455 e. The molecule has 1 atom stereocenters. The van der Waals surface area contributed by atoms with Crippen LogP contribution in [0, 0.1) is 10.1 Å². The van der Waals surface area contributed by atoms with Crippen molar-refractivity contribution in [2.75, 3.05) is 0 Å². The van der Waals surface area contributed by atoms with Gasteiger partial charge in [-0.3, -0.25) is 10.1 Å². The molecule has 0 bridgehead atoms. The first-order chi connectivity index (χ1) is 9.88. The summed E-state index contributed by atoms with van der Waals surface area (Å²) in [4.78, 5) is 10.3. The van der Waals surface area contributed by atoms with E-state index in [0.717, 1.165) is 4.47 Å². The van der Waals surface area contributed by atoms with Gasteiger partial charge in [0.1, 0.15) is 11.5 Å². The number of aliphatic hydroxyl groups is 1. The molecule has 0 saturated heterocycles. The van der Waals surface area contributed by atoms with Crippen LogP contribution < -0.4 is 4.74 Å². The van der Waals surface area contributed by atoms with Crippen LogP contribution in [0.2, 0.25) is 0 Å². The van der Waals surface area contributed by atoms with E-state index in [9.17, 15) is 15.2 Å². The number of halogens is 2. The Morgan fingerprint density at radius 1 is 1.19 bits per heavy atom. The third-order valence-electron chi connectivity index (χ3n) is 2.77. The minimum atomic E-state index is -0.717. The quantitative estimate of drug-likeness (QED) is 0.564. The van der Waals surface area contributed by atoms with E-state index in [-0.39, 0.29) is 5.69 Å². The Morgan fingerprint density at radius 2 is 1.90 bits per heavy atom. The van der Waals surface area contributed by atoms with E-state index >= 15 is 0 Å². The number of nitro groups is 1. The van der Waals surface area contributed by atoms with Gasteiger partial charge >= 0.3 is 0 Å². The molecule has 0 heterocycles. The lowest BCUT2D eigenvalue weighted by Gasteiger charge is -2.14. The SMILES string of the molecule is CC(O)c1ccc(Br)cc1Oc1cc([N+](=O)[O-])ccc1Br. The highest BCUT2D eigenvalue weighted by atomic mass is 79.9. The number of nitrogens with zero attached hydrogens (tertiary/aromatic N) is 1. The Bertz CT molecular complexity index is 689. The summed E-state index contributed by atoms with van der Waals surface area (Å²) in [5, 5.41) is 20.6. The number of benzene rings is 2. The Hall–Kier alpha value is -1.44. The Balaban J connectivity index is 2.44. The van der Waals surface area contributed by atoms with Gasteiger partial charge in [0.15, 0.2) is 0 Å². The summed E-state index contributed by atoms with van der Waals surface area (Å²) in [6, 6.07) is 9.48. The monoisotopic (exact) mass is 415 g/mol. The van der Waals surface area contributed by atoms with Crippen LogP contribution in [0.25, 0.3) is 0 Å². The van der Waals surface area contributed by atoms with E-state index in [4.69, 9.17) is 4.74 Å².